The van der Waals surface area contributed by atoms with Crippen LogP contribution in [0.25, 0.3) is 0 Å². The lowest BCUT2D eigenvalue weighted by atomic mass is 9.98. The molecule has 0 unspecified atom stereocenters. The maximum Gasteiger partial charge on any atom is 0.232 e. The molecule has 0 radical (unpaired) electrons. The van der Waals surface area contributed by atoms with Crippen LogP contribution in [0, 0.1) is 6.92 Å². The molecule has 1 amide bonds. The second-order valence-electron chi connectivity index (χ2n) is 7.38. The molecule has 1 N–H and O–H groups in total. The Hall–Kier alpha value is -2.54. The highest BCUT2D eigenvalue weighted by Gasteiger charge is 2.18. The minimum atomic E-state index is -3.46. The number of benzene rings is 2. The van der Waals surface area contributed by atoms with Crippen LogP contribution < -0.4 is 14.4 Å². The molecule has 0 spiro atoms. The highest BCUT2D eigenvalue weighted by atomic mass is 32.2. The number of para-hydroxylation sites is 1. The number of sulfonamides is 1. The topological polar surface area (TPSA) is 75.7 Å². The summed E-state index contributed by atoms with van der Waals surface area (Å²) >= 11 is 0. The van der Waals surface area contributed by atoms with Crippen LogP contribution in [0.4, 0.5) is 11.4 Å². The molecule has 2 rings (SSSR count). The van der Waals surface area contributed by atoms with Gasteiger partial charge >= 0.3 is 0 Å². The van der Waals surface area contributed by atoms with E-state index in [9.17, 15) is 13.2 Å². The van der Waals surface area contributed by atoms with Crippen LogP contribution in [0.3, 0.4) is 0 Å². The zero-order valence-electron chi connectivity index (χ0n) is 17.7. The number of carbonyl (C=O) groups is 1. The predicted molar refractivity (Wildman–Crippen MR) is 118 cm³/mol. The van der Waals surface area contributed by atoms with Crippen molar-refractivity contribution >= 4 is 27.3 Å². The Bertz CT molecular complexity index is 938. The van der Waals surface area contributed by atoms with Crippen molar-refractivity contribution in [3.05, 3.63) is 53.6 Å². The van der Waals surface area contributed by atoms with Gasteiger partial charge in [-0.25, -0.2) is 8.42 Å². The Kier molecular flexibility index (Phi) is 7.67. The van der Waals surface area contributed by atoms with E-state index >= 15 is 0 Å². The Balaban J connectivity index is 2.04. The van der Waals surface area contributed by atoms with E-state index in [0.29, 0.717) is 23.8 Å². The SMILES string of the molecule is COc1ccc(N(CCCC(=O)Nc2c(C)cccc2C(C)C)S(C)(=O)=O)cc1. The van der Waals surface area contributed by atoms with Crippen LogP contribution in [-0.4, -0.2) is 34.2 Å². The van der Waals surface area contributed by atoms with Gasteiger partial charge in [0.05, 0.1) is 19.1 Å². The number of methoxy groups -OCH3 is 1. The fraction of sp³-hybridized carbons (Fsp3) is 0.409. The first-order valence-electron chi connectivity index (χ1n) is 9.64. The zero-order valence-corrected chi connectivity index (χ0v) is 18.5. The molecule has 0 atom stereocenters. The molecule has 2 aromatic rings. The number of carbonyl (C=O) groups excluding carboxylic acids is 1. The van der Waals surface area contributed by atoms with E-state index in [1.807, 2.05) is 25.1 Å². The van der Waals surface area contributed by atoms with Crippen molar-refractivity contribution in [1.82, 2.24) is 0 Å². The second-order valence-corrected chi connectivity index (χ2v) is 9.29. The van der Waals surface area contributed by atoms with Crippen molar-refractivity contribution < 1.29 is 17.9 Å². The van der Waals surface area contributed by atoms with Gasteiger partial charge in [0.2, 0.25) is 15.9 Å². The molecule has 0 aliphatic heterocycles. The van der Waals surface area contributed by atoms with E-state index in [2.05, 4.69) is 19.2 Å². The van der Waals surface area contributed by atoms with Crippen LogP contribution in [-0.2, 0) is 14.8 Å². The lowest BCUT2D eigenvalue weighted by Crippen LogP contribution is -2.31. The minimum Gasteiger partial charge on any atom is -0.497 e. The maximum absolute atomic E-state index is 12.5. The first-order chi connectivity index (χ1) is 13.6. The van der Waals surface area contributed by atoms with Gasteiger partial charge in [0.25, 0.3) is 0 Å². The largest absolute Gasteiger partial charge is 0.497 e. The molecular formula is C22H30N2O4S. The molecule has 0 saturated carbocycles. The fourth-order valence-corrected chi connectivity index (χ4v) is 4.13. The first kappa shape index (κ1) is 22.7. The molecule has 158 valence electrons. The van der Waals surface area contributed by atoms with Gasteiger partial charge in [-0.15, -0.1) is 0 Å². The van der Waals surface area contributed by atoms with E-state index in [-0.39, 0.29) is 18.9 Å². The summed E-state index contributed by atoms with van der Waals surface area (Å²) < 4.78 is 30.9. The Labute approximate surface area is 173 Å². The number of aryl methyl sites for hydroxylation is 1. The second kappa shape index (κ2) is 9.78. The fourth-order valence-electron chi connectivity index (χ4n) is 3.16. The van der Waals surface area contributed by atoms with E-state index < -0.39 is 10.0 Å². The van der Waals surface area contributed by atoms with E-state index in [4.69, 9.17) is 4.74 Å². The predicted octanol–water partition coefficient (Wildman–Crippen LogP) is 4.31. The molecular weight excluding hydrogens is 388 g/mol. The number of hydrogen-bond acceptors (Lipinski definition) is 4. The van der Waals surface area contributed by atoms with Crippen LogP contribution in [0.1, 0.15) is 43.7 Å². The quantitative estimate of drug-likeness (QED) is 0.658. The molecule has 0 aromatic heterocycles. The molecule has 29 heavy (non-hydrogen) atoms. The van der Waals surface area contributed by atoms with Gasteiger partial charge in [0.1, 0.15) is 5.75 Å². The molecule has 6 nitrogen and oxygen atoms in total. The van der Waals surface area contributed by atoms with Gasteiger partial charge in [-0.3, -0.25) is 9.10 Å². The first-order valence-corrected chi connectivity index (χ1v) is 11.5. The van der Waals surface area contributed by atoms with Crippen LogP contribution in [0.5, 0.6) is 5.75 Å². The Morgan fingerprint density at radius 1 is 1.14 bits per heavy atom. The summed E-state index contributed by atoms with van der Waals surface area (Å²) in [5, 5.41) is 3.00. The van der Waals surface area contributed by atoms with Crippen LogP contribution in [0.2, 0.25) is 0 Å². The molecule has 7 heteroatoms. The Morgan fingerprint density at radius 3 is 2.34 bits per heavy atom. The van der Waals surface area contributed by atoms with Gasteiger partial charge in [-0.2, -0.15) is 0 Å². The Morgan fingerprint density at radius 2 is 1.79 bits per heavy atom. The summed E-state index contributed by atoms with van der Waals surface area (Å²) in [6.07, 6.45) is 1.81. The van der Waals surface area contributed by atoms with Crippen molar-refractivity contribution in [2.45, 2.75) is 39.5 Å². The van der Waals surface area contributed by atoms with Gasteiger partial charge < -0.3 is 10.1 Å². The van der Waals surface area contributed by atoms with Crippen LogP contribution in [0.15, 0.2) is 42.5 Å². The number of nitrogens with one attached hydrogen (secondary N) is 1. The molecule has 0 bridgehead atoms. The number of ether oxygens (including phenoxy) is 1. The van der Waals surface area contributed by atoms with Gasteiger partial charge in [0.15, 0.2) is 0 Å². The summed E-state index contributed by atoms with van der Waals surface area (Å²) in [6, 6.07) is 12.8. The lowest BCUT2D eigenvalue weighted by molar-refractivity contribution is -0.116. The molecule has 0 heterocycles. The zero-order chi connectivity index (χ0) is 21.6. The molecule has 0 aliphatic rings. The number of anilines is 2. The lowest BCUT2D eigenvalue weighted by Gasteiger charge is -2.22. The number of amides is 1. The summed E-state index contributed by atoms with van der Waals surface area (Å²) in [5.41, 5.74) is 3.51. The average molecular weight is 419 g/mol. The molecule has 0 aliphatic carbocycles. The third-order valence-corrected chi connectivity index (χ3v) is 5.91. The van der Waals surface area contributed by atoms with Crippen molar-refractivity contribution in [1.29, 1.82) is 0 Å². The molecule has 2 aromatic carbocycles. The average Bonchev–Trinajstić information content (AvgIpc) is 2.66. The van der Waals surface area contributed by atoms with E-state index in [0.717, 1.165) is 16.8 Å². The molecule has 0 saturated heterocycles. The van der Waals surface area contributed by atoms with E-state index in [1.54, 1.807) is 31.4 Å². The third-order valence-electron chi connectivity index (χ3n) is 4.72. The highest BCUT2D eigenvalue weighted by molar-refractivity contribution is 7.92. The van der Waals surface area contributed by atoms with Crippen molar-refractivity contribution in [2.75, 3.05) is 29.5 Å². The number of rotatable bonds is 9. The molecule has 0 fully saturated rings. The van der Waals surface area contributed by atoms with Crippen molar-refractivity contribution in [2.24, 2.45) is 0 Å². The van der Waals surface area contributed by atoms with Crippen LogP contribution >= 0.6 is 0 Å². The highest BCUT2D eigenvalue weighted by Crippen LogP contribution is 2.28. The smallest absolute Gasteiger partial charge is 0.232 e. The summed E-state index contributed by atoms with van der Waals surface area (Å²) in [7, 11) is -1.90. The summed E-state index contributed by atoms with van der Waals surface area (Å²) in [4.78, 5) is 12.5. The maximum atomic E-state index is 12.5. The monoisotopic (exact) mass is 418 g/mol. The van der Waals surface area contributed by atoms with Gasteiger partial charge in [-0.1, -0.05) is 32.0 Å². The standard InChI is InChI=1S/C22H30N2O4S/c1-16(2)20-9-6-8-17(3)22(20)23-21(25)10-7-15-24(29(5,26)27)18-11-13-19(28-4)14-12-18/h6,8-9,11-14,16H,7,10,15H2,1-5H3,(H,23,25). The number of nitrogens with zero attached hydrogens (tertiary/aromatic N) is 1. The van der Waals surface area contributed by atoms with Gasteiger partial charge in [-0.05, 0) is 54.7 Å². The van der Waals surface area contributed by atoms with Gasteiger partial charge in [0, 0.05) is 18.7 Å². The van der Waals surface area contributed by atoms with Crippen molar-refractivity contribution in [3.63, 3.8) is 0 Å². The minimum absolute atomic E-state index is 0.121. The summed E-state index contributed by atoms with van der Waals surface area (Å²) in [6.45, 7) is 6.37. The van der Waals surface area contributed by atoms with E-state index in [1.165, 1.54) is 10.6 Å². The normalized spacial score (nSPS) is 11.4. The number of hydrogen-bond donors (Lipinski definition) is 1. The summed E-state index contributed by atoms with van der Waals surface area (Å²) in [5.74, 6) is 0.825. The van der Waals surface area contributed by atoms with Crippen molar-refractivity contribution in [3.8, 4) is 5.75 Å². The third kappa shape index (κ3) is 6.22.